The number of rotatable bonds is 7. The van der Waals surface area contributed by atoms with Gasteiger partial charge in [0.15, 0.2) is 11.5 Å². The monoisotopic (exact) mass is 513 g/mol. The van der Waals surface area contributed by atoms with Crippen LogP contribution in [0, 0.1) is 6.92 Å². The average Bonchev–Trinajstić information content (AvgIpc) is 2.82. The number of carbonyl (C=O) groups excluding carboxylic acids is 3. The zero-order valence-corrected chi connectivity index (χ0v) is 20.3. The summed E-state index contributed by atoms with van der Waals surface area (Å²) >= 11 is 11.9. The fraction of sp³-hybridized carbons (Fsp3) is 0.120. The number of hydrazone groups is 1. The Morgan fingerprint density at radius 2 is 1.69 bits per heavy atom. The Bertz CT molecular complexity index is 1280. The summed E-state index contributed by atoms with van der Waals surface area (Å²) in [7, 11) is 0. The largest absolute Gasteiger partial charge is 0.490 e. The molecule has 180 valence electrons. The van der Waals surface area contributed by atoms with Gasteiger partial charge in [0.25, 0.3) is 0 Å². The number of amides is 2. The summed E-state index contributed by atoms with van der Waals surface area (Å²) in [5.74, 6) is -2.03. The number of nitrogens with zero attached hydrogens (tertiary/aromatic N) is 1. The first-order valence-corrected chi connectivity index (χ1v) is 11.2. The second-order valence-corrected chi connectivity index (χ2v) is 8.02. The lowest BCUT2D eigenvalue weighted by Crippen LogP contribution is -2.32. The summed E-state index contributed by atoms with van der Waals surface area (Å²) in [5.41, 5.74) is 4.35. The molecular weight excluding hydrogens is 493 g/mol. The summed E-state index contributed by atoms with van der Waals surface area (Å²) in [6.45, 7) is 3.99. The maximum Gasteiger partial charge on any atom is 0.345 e. The molecular formula is C25H21Cl2N3O5. The molecule has 0 bridgehead atoms. The minimum Gasteiger partial charge on any atom is -0.490 e. The lowest BCUT2D eigenvalue weighted by atomic mass is 10.2. The van der Waals surface area contributed by atoms with E-state index in [9.17, 15) is 14.4 Å². The lowest BCUT2D eigenvalue weighted by Gasteiger charge is -2.12. The number of nitrogens with one attached hydrogen (secondary N) is 2. The molecule has 0 heterocycles. The van der Waals surface area contributed by atoms with E-state index >= 15 is 0 Å². The molecule has 0 saturated heterocycles. The molecule has 3 aromatic carbocycles. The van der Waals surface area contributed by atoms with Crippen LogP contribution < -0.4 is 20.2 Å². The molecule has 8 nitrogen and oxygen atoms in total. The zero-order valence-electron chi connectivity index (χ0n) is 18.8. The summed E-state index contributed by atoms with van der Waals surface area (Å²) in [6.07, 6.45) is 1.32. The van der Waals surface area contributed by atoms with Crippen LogP contribution in [0.15, 0.2) is 65.8 Å². The van der Waals surface area contributed by atoms with Crippen molar-refractivity contribution in [2.75, 3.05) is 11.9 Å². The van der Waals surface area contributed by atoms with Crippen molar-refractivity contribution in [1.29, 1.82) is 0 Å². The molecule has 10 heteroatoms. The van der Waals surface area contributed by atoms with Gasteiger partial charge in [-0.15, -0.1) is 0 Å². The number of hydrogen-bond donors (Lipinski definition) is 2. The van der Waals surface area contributed by atoms with Crippen LogP contribution in [0.1, 0.15) is 28.4 Å². The number of esters is 1. The Morgan fingerprint density at radius 1 is 0.943 bits per heavy atom. The van der Waals surface area contributed by atoms with Gasteiger partial charge in [-0.05, 0) is 67.9 Å². The number of anilines is 1. The maximum atomic E-state index is 12.5. The standard InChI is InChI=1S/C25H21Cl2N3O5/c1-3-34-22-12-16(6-11-21(22)35-25(33)19-10-7-17(26)13-20(19)27)14-28-30-24(32)23(31)29-18-8-4-15(2)5-9-18/h4-14H,3H2,1-2H3,(H,29,31)(H,30,32)/b28-14+. The highest BCUT2D eigenvalue weighted by atomic mass is 35.5. The van der Waals surface area contributed by atoms with E-state index < -0.39 is 17.8 Å². The fourth-order valence-corrected chi connectivity index (χ4v) is 3.29. The van der Waals surface area contributed by atoms with Gasteiger partial charge in [0.2, 0.25) is 0 Å². The third kappa shape index (κ3) is 7.30. The van der Waals surface area contributed by atoms with E-state index in [1.807, 2.05) is 19.1 Å². The Hall–Kier alpha value is -3.88. The molecule has 3 rings (SSSR count). The molecule has 0 aromatic heterocycles. The third-order valence-electron chi connectivity index (χ3n) is 4.52. The molecule has 0 spiro atoms. The van der Waals surface area contributed by atoms with Gasteiger partial charge in [0, 0.05) is 10.7 Å². The van der Waals surface area contributed by atoms with Crippen LogP contribution in [-0.2, 0) is 9.59 Å². The Kier molecular flexibility index (Phi) is 8.83. The first kappa shape index (κ1) is 25.7. The summed E-state index contributed by atoms with van der Waals surface area (Å²) in [6, 6.07) is 16.1. The molecule has 2 amide bonds. The van der Waals surface area contributed by atoms with Gasteiger partial charge in [0.1, 0.15) is 0 Å². The van der Waals surface area contributed by atoms with Crippen molar-refractivity contribution in [1.82, 2.24) is 5.43 Å². The summed E-state index contributed by atoms with van der Waals surface area (Å²) < 4.78 is 11.0. The van der Waals surface area contributed by atoms with E-state index in [-0.39, 0.29) is 22.1 Å². The minimum atomic E-state index is -0.933. The van der Waals surface area contributed by atoms with Crippen LogP contribution >= 0.6 is 23.2 Å². The number of benzene rings is 3. The number of carbonyl (C=O) groups is 3. The highest BCUT2D eigenvalue weighted by molar-refractivity contribution is 6.39. The van der Waals surface area contributed by atoms with Crippen molar-refractivity contribution >= 4 is 52.9 Å². The van der Waals surface area contributed by atoms with Gasteiger partial charge < -0.3 is 14.8 Å². The maximum absolute atomic E-state index is 12.5. The van der Waals surface area contributed by atoms with E-state index in [4.69, 9.17) is 32.7 Å². The van der Waals surface area contributed by atoms with Crippen molar-refractivity contribution in [3.8, 4) is 11.5 Å². The first-order valence-electron chi connectivity index (χ1n) is 10.4. The van der Waals surface area contributed by atoms with Crippen LogP contribution in [0.2, 0.25) is 10.0 Å². The lowest BCUT2D eigenvalue weighted by molar-refractivity contribution is -0.136. The van der Waals surface area contributed by atoms with E-state index in [0.29, 0.717) is 22.9 Å². The predicted molar refractivity (Wildman–Crippen MR) is 135 cm³/mol. The molecule has 0 aliphatic rings. The zero-order chi connectivity index (χ0) is 25.4. The van der Waals surface area contributed by atoms with Crippen LogP contribution in [0.4, 0.5) is 5.69 Å². The quantitative estimate of drug-likeness (QED) is 0.152. The van der Waals surface area contributed by atoms with E-state index in [2.05, 4.69) is 15.8 Å². The molecule has 3 aromatic rings. The SMILES string of the molecule is CCOc1cc(/C=N/NC(=O)C(=O)Nc2ccc(C)cc2)ccc1OC(=O)c1ccc(Cl)cc1Cl. The first-order chi connectivity index (χ1) is 16.8. The van der Waals surface area contributed by atoms with Crippen molar-refractivity contribution in [3.63, 3.8) is 0 Å². The Morgan fingerprint density at radius 3 is 2.37 bits per heavy atom. The van der Waals surface area contributed by atoms with Crippen molar-refractivity contribution in [2.24, 2.45) is 5.10 Å². The van der Waals surface area contributed by atoms with Crippen LogP contribution in [-0.4, -0.2) is 30.6 Å². The van der Waals surface area contributed by atoms with E-state index in [1.165, 1.54) is 30.5 Å². The van der Waals surface area contributed by atoms with Crippen molar-refractivity contribution < 1.29 is 23.9 Å². The van der Waals surface area contributed by atoms with E-state index in [0.717, 1.165) is 5.56 Å². The van der Waals surface area contributed by atoms with Gasteiger partial charge in [0.05, 0.1) is 23.4 Å². The number of halogens is 2. The van der Waals surface area contributed by atoms with Crippen LogP contribution in [0.5, 0.6) is 11.5 Å². The van der Waals surface area contributed by atoms with Gasteiger partial charge in [-0.3, -0.25) is 9.59 Å². The minimum absolute atomic E-state index is 0.149. The fourth-order valence-electron chi connectivity index (χ4n) is 2.81. The van der Waals surface area contributed by atoms with Crippen molar-refractivity contribution in [3.05, 3.63) is 87.4 Å². The molecule has 0 atom stereocenters. The van der Waals surface area contributed by atoms with Crippen molar-refractivity contribution in [2.45, 2.75) is 13.8 Å². The number of aryl methyl sites for hydroxylation is 1. The highest BCUT2D eigenvalue weighted by Gasteiger charge is 2.17. The third-order valence-corrected chi connectivity index (χ3v) is 5.06. The second-order valence-electron chi connectivity index (χ2n) is 7.17. The molecule has 2 N–H and O–H groups in total. The van der Waals surface area contributed by atoms with Gasteiger partial charge in [-0.1, -0.05) is 40.9 Å². The van der Waals surface area contributed by atoms with Gasteiger partial charge in [-0.2, -0.15) is 5.10 Å². The summed E-state index contributed by atoms with van der Waals surface area (Å²) in [5, 5.41) is 6.83. The molecule has 0 saturated carbocycles. The molecule has 0 unspecified atom stereocenters. The second kappa shape index (κ2) is 12.0. The highest BCUT2D eigenvalue weighted by Crippen LogP contribution is 2.30. The molecule has 0 radical (unpaired) electrons. The topological polar surface area (TPSA) is 106 Å². The number of ether oxygens (including phenoxy) is 2. The Labute approximate surface area is 211 Å². The molecule has 0 fully saturated rings. The smallest absolute Gasteiger partial charge is 0.345 e. The Balaban J connectivity index is 1.65. The molecule has 35 heavy (non-hydrogen) atoms. The number of hydrogen-bond acceptors (Lipinski definition) is 6. The summed E-state index contributed by atoms with van der Waals surface area (Å²) in [4.78, 5) is 36.5. The normalized spacial score (nSPS) is 10.6. The predicted octanol–water partition coefficient (Wildman–Crippen LogP) is 5.01. The average molecular weight is 514 g/mol. The van der Waals surface area contributed by atoms with Crippen LogP contribution in [0.3, 0.4) is 0 Å². The van der Waals surface area contributed by atoms with Gasteiger partial charge >= 0.3 is 17.8 Å². The molecule has 0 aliphatic heterocycles. The van der Waals surface area contributed by atoms with E-state index in [1.54, 1.807) is 31.2 Å². The van der Waals surface area contributed by atoms with Crippen LogP contribution in [0.25, 0.3) is 0 Å². The molecule has 0 aliphatic carbocycles. The van der Waals surface area contributed by atoms with Gasteiger partial charge in [-0.25, -0.2) is 10.2 Å².